The Balaban J connectivity index is 1.88. The Morgan fingerprint density at radius 2 is 1.71 bits per heavy atom. The zero-order valence-corrected chi connectivity index (χ0v) is 12.9. The fourth-order valence-corrected chi connectivity index (χ4v) is 2.50. The lowest BCUT2D eigenvalue weighted by Crippen LogP contribution is -2.15. The number of hydrogen-bond donors (Lipinski definition) is 2. The molecule has 7 nitrogen and oxygen atoms in total. The van der Waals surface area contributed by atoms with Crippen molar-refractivity contribution in [2.45, 2.75) is 0 Å². The summed E-state index contributed by atoms with van der Waals surface area (Å²) in [5.41, 5.74) is 0.912. The van der Waals surface area contributed by atoms with Gasteiger partial charge in [0.25, 0.3) is 5.56 Å². The maximum absolute atomic E-state index is 12.2. The molecule has 2 aromatic heterocycles. The summed E-state index contributed by atoms with van der Waals surface area (Å²) in [4.78, 5) is 34.0. The Morgan fingerprint density at radius 1 is 0.958 bits per heavy atom. The first-order valence-corrected chi connectivity index (χ1v) is 7.44. The molecule has 0 aliphatic heterocycles. The highest BCUT2D eigenvalue weighted by Crippen LogP contribution is 2.14. The second-order valence-corrected chi connectivity index (χ2v) is 5.54. The maximum Gasteiger partial charge on any atom is 0.348 e. The van der Waals surface area contributed by atoms with E-state index in [1.54, 1.807) is 42.5 Å². The van der Waals surface area contributed by atoms with E-state index in [1.165, 1.54) is 0 Å². The minimum absolute atomic E-state index is 0.0542. The van der Waals surface area contributed by atoms with Crippen LogP contribution in [0.15, 0.2) is 58.1 Å². The summed E-state index contributed by atoms with van der Waals surface area (Å²) in [5.74, 6) is 0.0990. The van der Waals surface area contributed by atoms with Gasteiger partial charge in [0.05, 0.1) is 16.7 Å². The van der Waals surface area contributed by atoms with Gasteiger partial charge in [-0.2, -0.15) is 4.68 Å². The van der Waals surface area contributed by atoms with Crippen molar-refractivity contribution < 1.29 is 0 Å². The minimum atomic E-state index is -0.471. The van der Waals surface area contributed by atoms with Crippen molar-refractivity contribution in [1.29, 1.82) is 0 Å². The number of aromatic nitrogens is 5. The fourth-order valence-electron chi connectivity index (χ4n) is 2.38. The van der Waals surface area contributed by atoms with Crippen molar-refractivity contribution in [3.8, 4) is 17.2 Å². The summed E-state index contributed by atoms with van der Waals surface area (Å²) < 4.78 is 1.15. The van der Waals surface area contributed by atoms with Gasteiger partial charge in [-0.15, -0.1) is 5.10 Å². The molecule has 2 N–H and O–H groups in total. The third-order valence-corrected chi connectivity index (χ3v) is 3.76. The van der Waals surface area contributed by atoms with Crippen molar-refractivity contribution in [3.05, 3.63) is 74.4 Å². The molecule has 118 valence electrons. The maximum atomic E-state index is 12.2. The summed E-state index contributed by atoms with van der Waals surface area (Å²) in [6, 6.07) is 13.8. The molecule has 0 spiro atoms. The van der Waals surface area contributed by atoms with Gasteiger partial charge in [0.1, 0.15) is 0 Å². The Morgan fingerprint density at radius 3 is 2.50 bits per heavy atom. The van der Waals surface area contributed by atoms with Crippen molar-refractivity contribution in [3.63, 3.8) is 0 Å². The van der Waals surface area contributed by atoms with Crippen LogP contribution >= 0.6 is 11.6 Å². The first kappa shape index (κ1) is 14.4. The van der Waals surface area contributed by atoms with Gasteiger partial charge in [0.15, 0.2) is 11.5 Å². The number of nitrogens with zero attached hydrogens (tertiary/aromatic N) is 3. The molecule has 0 unspecified atom stereocenters. The third kappa shape index (κ3) is 2.40. The monoisotopic (exact) mass is 339 g/mol. The molecular weight excluding hydrogens is 330 g/mol. The van der Waals surface area contributed by atoms with Crippen LogP contribution < -0.4 is 11.2 Å². The zero-order chi connectivity index (χ0) is 16.7. The van der Waals surface area contributed by atoms with Crippen molar-refractivity contribution in [2.24, 2.45) is 0 Å². The van der Waals surface area contributed by atoms with Gasteiger partial charge in [-0.3, -0.25) is 9.78 Å². The first-order chi connectivity index (χ1) is 11.6. The highest BCUT2D eigenvalue weighted by Gasteiger charge is 2.14. The van der Waals surface area contributed by atoms with E-state index in [2.05, 4.69) is 20.1 Å². The van der Waals surface area contributed by atoms with Gasteiger partial charge in [-0.1, -0.05) is 23.7 Å². The van der Waals surface area contributed by atoms with Crippen LogP contribution in [0.5, 0.6) is 0 Å². The van der Waals surface area contributed by atoms with E-state index in [0.29, 0.717) is 21.7 Å². The number of hydrogen-bond acceptors (Lipinski definition) is 4. The molecular formula is C16H10ClN5O2. The predicted molar refractivity (Wildman–Crippen MR) is 90.6 cm³/mol. The van der Waals surface area contributed by atoms with E-state index < -0.39 is 11.2 Å². The summed E-state index contributed by atoms with van der Waals surface area (Å²) >= 11 is 5.85. The van der Waals surface area contributed by atoms with E-state index in [-0.39, 0.29) is 11.5 Å². The number of benzene rings is 2. The number of aromatic amines is 2. The van der Waals surface area contributed by atoms with Crippen molar-refractivity contribution >= 4 is 22.6 Å². The molecule has 0 saturated heterocycles. The highest BCUT2D eigenvalue weighted by atomic mass is 35.5. The van der Waals surface area contributed by atoms with Gasteiger partial charge < -0.3 is 4.98 Å². The number of halogens is 1. The van der Waals surface area contributed by atoms with E-state index in [0.717, 1.165) is 4.68 Å². The van der Waals surface area contributed by atoms with Gasteiger partial charge in [0.2, 0.25) is 0 Å². The quantitative estimate of drug-likeness (QED) is 0.584. The summed E-state index contributed by atoms with van der Waals surface area (Å²) in [7, 11) is 0. The van der Waals surface area contributed by atoms with E-state index in [4.69, 9.17) is 11.6 Å². The van der Waals surface area contributed by atoms with Gasteiger partial charge in [-0.25, -0.2) is 9.78 Å². The molecule has 2 aromatic carbocycles. The molecule has 0 radical (unpaired) electrons. The predicted octanol–water partition coefficient (Wildman–Crippen LogP) is 2.12. The summed E-state index contributed by atoms with van der Waals surface area (Å²) in [5, 5.41) is 4.72. The highest BCUT2D eigenvalue weighted by molar-refractivity contribution is 6.30. The number of nitrogens with one attached hydrogen (secondary N) is 2. The van der Waals surface area contributed by atoms with Gasteiger partial charge >= 0.3 is 5.69 Å². The molecule has 0 saturated carbocycles. The standard InChI is InChI=1S/C16H10ClN5O2/c17-9-5-7-10(8-6-9)22-16(24)20-14(21-22)13-15(23)19-12-4-2-1-3-11(12)18-13/h1-8H,(H,19,23)(H,20,21,24). The molecule has 4 aromatic rings. The Hall–Kier alpha value is -3.19. The van der Waals surface area contributed by atoms with Crippen LogP contribution in [0.3, 0.4) is 0 Å². The van der Waals surface area contributed by atoms with Crippen LogP contribution in [0, 0.1) is 0 Å². The average molecular weight is 340 g/mol. The molecule has 8 heteroatoms. The number of H-pyrrole nitrogens is 2. The van der Waals surface area contributed by atoms with Crippen molar-refractivity contribution in [1.82, 2.24) is 24.7 Å². The fraction of sp³-hybridized carbons (Fsp3) is 0. The normalized spacial score (nSPS) is 11.0. The molecule has 24 heavy (non-hydrogen) atoms. The van der Waals surface area contributed by atoms with Crippen LogP contribution in [-0.2, 0) is 0 Å². The molecule has 4 rings (SSSR count). The lowest BCUT2D eigenvalue weighted by atomic mass is 10.3. The Kier molecular flexibility index (Phi) is 3.28. The lowest BCUT2D eigenvalue weighted by molar-refractivity contribution is 0.843. The zero-order valence-electron chi connectivity index (χ0n) is 12.2. The summed E-state index contributed by atoms with van der Waals surface area (Å²) in [6.45, 7) is 0. The first-order valence-electron chi connectivity index (χ1n) is 7.06. The van der Waals surface area contributed by atoms with Crippen LogP contribution in [0.25, 0.3) is 28.2 Å². The second kappa shape index (κ2) is 5.47. The molecule has 0 atom stereocenters. The number of para-hydroxylation sites is 2. The molecule has 0 bridgehead atoms. The number of fused-ring (bicyclic) bond motifs is 1. The topological polar surface area (TPSA) is 96.4 Å². The molecule has 0 aliphatic carbocycles. The van der Waals surface area contributed by atoms with Crippen molar-refractivity contribution in [2.75, 3.05) is 0 Å². The average Bonchev–Trinajstić information content (AvgIpc) is 2.96. The van der Waals surface area contributed by atoms with E-state index >= 15 is 0 Å². The molecule has 2 heterocycles. The number of rotatable bonds is 2. The van der Waals surface area contributed by atoms with Crippen LogP contribution in [0.2, 0.25) is 5.02 Å². The largest absolute Gasteiger partial charge is 0.348 e. The molecule has 0 aliphatic rings. The molecule has 0 fully saturated rings. The Labute approximate surface area is 139 Å². The smallest absolute Gasteiger partial charge is 0.319 e. The van der Waals surface area contributed by atoms with Gasteiger partial charge in [-0.05, 0) is 36.4 Å². The van der Waals surface area contributed by atoms with E-state index in [1.807, 2.05) is 6.07 Å². The van der Waals surface area contributed by atoms with Crippen LogP contribution in [-0.4, -0.2) is 24.7 Å². The van der Waals surface area contributed by atoms with Crippen LogP contribution in [0.1, 0.15) is 0 Å². The van der Waals surface area contributed by atoms with E-state index in [9.17, 15) is 9.59 Å². The second-order valence-electron chi connectivity index (χ2n) is 5.10. The Bertz CT molecular complexity index is 1160. The minimum Gasteiger partial charge on any atom is -0.319 e. The van der Waals surface area contributed by atoms with Crippen LogP contribution in [0.4, 0.5) is 0 Å². The lowest BCUT2D eigenvalue weighted by Gasteiger charge is -2.00. The third-order valence-electron chi connectivity index (χ3n) is 3.51. The summed E-state index contributed by atoms with van der Waals surface area (Å²) in [6.07, 6.45) is 0. The van der Waals surface area contributed by atoms with Gasteiger partial charge in [0, 0.05) is 5.02 Å². The molecule has 0 amide bonds. The SMILES string of the molecule is O=c1[nH]c2ccccc2nc1-c1nn(-c2ccc(Cl)cc2)c(=O)[nH]1.